The smallest absolute Gasteiger partial charge is 0.232 e. The topological polar surface area (TPSA) is 80.9 Å². The Bertz CT molecular complexity index is 647. The van der Waals surface area contributed by atoms with Gasteiger partial charge in [-0.2, -0.15) is 5.23 Å². The van der Waals surface area contributed by atoms with Gasteiger partial charge in [0.05, 0.1) is 5.69 Å². The number of hydrogen-bond donors (Lipinski definition) is 2. The number of rotatable bonds is 5. The van der Waals surface area contributed by atoms with E-state index in [1.807, 2.05) is 6.92 Å². The van der Waals surface area contributed by atoms with Crippen molar-refractivity contribution in [3.8, 4) is 0 Å². The van der Waals surface area contributed by atoms with E-state index < -0.39 is 11.0 Å². The van der Waals surface area contributed by atoms with Crippen molar-refractivity contribution in [2.24, 2.45) is 0 Å². The van der Waals surface area contributed by atoms with Crippen LogP contribution in [-0.2, 0) is 4.79 Å². The second-order valence-electron chi connectivity index (χ2n) is 4.66. The molecule has 0 bridgehead atoms. The number of amides is 1. The first-order valence-corrected chi connectivity index (χ1v) is 6.80. The quantitative estimate of drug-likeness (QED) is 0.829. The maximum absolute atomic E-state index is 13.1. The lowest BCUT2D eigenvalue weighted by Gasteiger charge is -2.22. The zero-order chi connectivity index (χ0) is 16.1. The molecule has 116 valence electrons. The summed E-state index contributed by atoms with van der Waals surface area (Å²) in [4.78, 5) is 17.7. The lowest BCUT2D eigenvalue weighted by molar-refractivity contribution is -0.991. The number of hydrogen-bond acceptors (Lipinski definition) is 4. The van der Waals surface area contributed by atoms with E-state index in [9.17, 15) is 14.4 Å². The molecule has 22 heavy (non-hydrogen) atoms. The molecular formula is C15H16FN3O3. The van der Waals surface area contributed by atoms with Crippen LogP contribution in [0.1, 0.15) is 19.8 Å². The molecular weight excluding hydrogens is 289 g/mol. The summed E-state index contributed by atoms with van der Waals surface area (Å²) in [5.74, 6) is -0.451. The predicted octanol–water partition coefficient (Wildman–Crippen LogP) is 2.09. The fourth-order valence-corrected chi connectivity index (χ4v) is 1.99. The Kier molecular flexibility index (Phi) is 5.16. The van der Waals surface area contributed by atoms with Crippen LogP contribution in [0.3, 0.4) is 0 Å². The Morgan fingerprint density at radius 1 is 1.36 bits per heavy atom. The highest BCUT2D eigenvalue weighted by molar-refractivity contribution is 5.99. The SMILES string of the molecule is CCCC(=O)N(c1ccc(F)cc1)c1cc([NH+]([O-])O)ccn1. The van der Waals surface area contributed by atoms with E-state index in [0.717, 1.165) is 0 Å². The number of anilines is 2. The van der Waals surface area contributed by atoms with E-state index in [-0.39, 0.29) is 23.8 Å². The molecule has 0 aliphatic heterocycles. The number of halogens is 1. The molecule has 1 heterocycles. The molecule has 6 nitrogen and oxygen atoms in total. The third-order valence-electron chi connectivity index (χ3n) is 3.02. The normalized spacial score (nSPS) is 12.0. The van der Waals surface area contributed by atoms with Crippen LogP contribution in [0.5, 0.6) is 0 Å². The number of aromatic nitrogens is 1. The molecule has 1 aromatic carbocycles. The average Bonchev–Trinajstić information content (AvgIpc) is 2.50. The van der Waals surface area contributed by atoms with Gasteiger partial charge in [0.25, 0.3) is 0 Å². The second kappa shape index (κ2) is 7.08. The van der Waals surface area contributed by atoms with E-state index in [0.29, 0.717) is 12.1 Å². The largest absolute Gasteiger partial charge is 0.595 e. The zero-order valence-electron chi connectivity index (χ0n) is 12.0. The highest BCUT2D eigenvalue weighted by Gasteiger charge is 2.20. The third-order valence-corrected chi connectivity index (χ3v) is 3.02. The molecule has 0 fully saturated rings. The van der Waals surface area contributed by atoms with Gasteiger partial charge in [-0.15, -0.1) is 0 Å². The van der Waals surface area contributed by atoms with E-state index in [1.165, 1.54) is 47.5 Å². The summed E-state index contributed by atoms with van der Waals surface area (Å²) in [6.45, 7) is 1.86. The minimum Gasteiger partial charge on any atom is -0.595 e. The van der Waals surface area contributed by atoms with E-state index in [2.05, 4.69) is 4.98 Å². The summed E-state index contributed by atoms with van der Waals surface area (Å²) in [6, 6.07) is 8.06. The maximum Gasteiger partial charge on any atom is 0.232 e. The van der Waals surface area contributed by atoms with Crippen molar-refractivity contribution in [2.75, 3.05) is 4.90 Å². The summed E-state index contributed by atoms with van der Waals surface area (Å²) >= 11 is 0. The fourth-order valence-electron chi connectivity index (χ4n) is 1.99. The minimum absolute atomic E-state index is 0.0291. The Labute approximate surface area is 127 Å². The van der Waals surface area contributed by atoms with E-state index in [4.69, 9.17) is 5.21 Å². The molecule has 1 unspecified atom stereocenters. The summed E-state index contributed by atoms with van der Waals surface area (Å²) < 4.78 is 13.1. The van der Waals surface area contributed by atoms with Crippen molar-refractivity contribution in [3.05, 3.63) is 53.6 Å². The van der Waals surface area contributed by atoms with Gasteiger partial charge in [0.15, 0.2) is 5.69 Å². The number of benzene rings is 1. The minimum atomic E-state index is -1.11. The van der Waals surface area contributed by atoms with Gasteiger partial charge in [-0.3, -0.25) is 9.69 Å². The van der Waals surface area contributed by atoms with Crippen molar-refractivity contribution in [2.45, 2.75) is 19.8 Å². The van der Waals surface area contributed by atoms with Gasteiger partial charge in [0.2, 0.25) is 5.91 Å². The van der Waals surface area contributed by atoms with E-state index >= 15 is 0 Å². The number of nitrogens with one attached hydrogen (secondary N) is 1. The maximum atomic E-state index is 13.1. The second-order valence-corrected chi connectivity index (χ2v) is 4.66. The van der Waals surface area contributed by atoms with Crippen molar-refractivity contribution >= 4 is 23.1 Å². The molecule has 0 spiro atoms. The van der Waals surface area contributed by atoms with Crippen molar-refractivity contribution in [1.82, 2.24) is 4.98 Å². The molecule has 1 amide bonds. The fraction of sp³-hybridized carbons (Fsp3) is 0.200. The van der Waals surface area contributed by atoms with Gasteiger partial charge in [0, 0.05) is 24.8 Å². The average molecular weight is 305 g/mol. The van der Waals surface area contributed by atoms with Crippen LogP contribution >= 0.6 is 0 Å². The van der Waals surface area contributed by atoms with Gasteiger partial charge >= 0.3 is 0 Å². The van der Waals surface area contributed by atoms with Crippen LogP contribution in [0.2, 0.25) is 0 Å². The third kappa shape index (κ3) is 3.64. The van der Waals surface area contributed by atoms with Crippen LogP contribution in [0.4, 0.5) is 21.6 Å². The summed E-state index contributed by atoms with van der Waals surface area (Å²) in [5.41, 5.74) is 0.469. The monoisotopic (exact) mass is 305 g/mol. The molecule has 0 aliphatic rings. The van der Waals surface area contributed by atoms with Gasteiger partial charge in [0.1, 0.15) is 11.6 Å². The van der Waals surface area contributed by atoms with Crippen LogP contribution in [0.15, 0.2) is 42.6 Å². The first kappa shape index (κ1) is 16.0. The Morgan fingerprint density at radius 2 is 2.05 bits per heavy atom. The van der Waals surface area contributed by atoms with Gasteiger partial charge in [-0.25, -0.2) is 14.6 Å². The molecule has 7 heteroatoms. The predicted molar refractivity (Wildman–Crippen MR) is 78.5 cm³/mol. The van der Waals surface area contributed by atoms with Crippen LogP contribution in [0.25, 0.3) is 0 Å². The number of carbonyl (C=O) groups excluding carboxylic acids is 1. The highest BCUT2D eigenvalue weighted by atomic mass is 19.1. The van der Waals surface area contributed by atoms with Crippen LogP contribution in [-0.4, -0.2) is 16.1 Å². The Hall–Kier alpha value is -2.35. The van der Waals surface area contributed by atoms with Crippen LogP contribution < -0.4 is 10.1 Å². The van der Waals surface area contributed by atoms with Crippen LogP contribution in [0, 0.1) is 11.0 Å². The number of pyridine rings is 1. The van der Waals surface area contributed by atoms with Gasteiger partial charge in [-0.05, 0) is 30.7 Å². The first-order valence-electron chi connectivity index (χ1n) is 6.80. The van der Waals surface area contributed by atoms with Crippen molar-refractivity contribution < 1.29 is 19.6 Å². The van der Waals surface area contributed by atoms with Gasteiger partial charge in [-0.1, -0.05) is 6.92 Å². The van der Waals surface area contributed by atoms with E-state index in [1.54, 1.807) is 0 Å². The Balaban J connectivity index is 2.46. The lowest BCUT2D eigenvalue weighted by atomic mass is 10.2. The number of nitrogens with zero attached hydrogens (tertiary/aromatic N) is 2. The zero-order valence-corrected chi connectivity index (χ0v) is 12.0. The summed E-state index contributed by atoms with van der Waals surface area (Å²) in [7, 11) is 0. The Morgan fingerprint density at radius 3 is 2.64 bits per heavy atom. The highest BCUT2D eigenvalue weighted by Crippen LogP contribution is 2.26. The lowest BCUT2D eigenvalue weighted by Crippen LogP contribution is -2.99. The molecule has 1 atom stereocenters. The number of quaternary nitrogens is 1. The molecule has 2 N–H and O–H groups in total. The van der Waals surface area contributed by atoms with Crippen molar-refractivity contribution in [1.29, 1.82) is 0 Å². The first-order chi connectivity index (χ1) is 10.5. The molecule has 0 aliphatic carbocycles. The van der Waals surface area contributed by atoms with Crippen molar-refractivity contribution in [3.63, 3.8) is 0 Å². The molecule has 2 rings (SSSR count). The molecule has 0 saturated heterocycles. The molecule has 0 saturated carbocycles. The standard InChI is InChI=1S/C15H16FN3O3/c1-2-3-15(20)18(12-6-4-11(16)5-7-12)14-10-13(19(21)22)8-9-17-14/h4-10,19,21H,2-3H2,1H3. The summed E-state index contributed by atoms with van der Waals surface area (Å²) in [5, 5.41) is 19.0. The summed E-state index contributed by atoms with van der Waals surface area (Å²) in [6.07, 6.45) is 2.24. The van der Waals surface area contributed by atoms with Gasteiger partial charge < -0.3 is 5.21 Å². The molecule has 0 radical (unpaired) electrons. The molecule has 2 aromatic rings. The number of carbonyl (C=O) groups is 1. The molecule has 1 aromatic heterocycles.